The summed E-state index contributed by atoms with van der Waals surface area (Å²) in [4.78, 5) is 20.5. The van der Waals surface area contributed by atoms with E-state index in [-0.39, 0.29) is 11.9 Å². The third-order valence-corrected chi connectivity index (χ3v) is 3.49. The van der Waals surface area contributed by atoms with Crippen LogP contribution in [0.25, 0.3) is 0 Å². The number of likely N-dealkylation sites (tertiary alicyclic amines) is 1. The molecule has 21 heavy (non-hydrogen) atoms. The minimum absolute atomic E-state index is 0.268. The number of aliphatic hydroxyl groups excluding tert-OH is 1. The molecule has 1 aliphatic heterocycles. The molecule has 3 heterocycles. The number of H-pyrrole nitrogens is 1. The van der Waals surface area contributed by atoms with Crippen molar-refractivity contribution in [2.24, 2.45) is 0 Å². The third kappa shape index (κ3) is 3.11. The molecular weight excluding hydrogens is 274 g/mol. The molecule has 2 aromatic rings. The van der Waals surface area contributed by atoms with E-state index in [0.717, 1.165) is 11.5 Å². The summed E-state index contributed by atoms with van der Waals surface area (Å²) in [6.45, 7) is 3.47. The van der Waals surface area contributed by atoms with Gasteiger partial charge in [-0.15, -0.1) is 0 Å². The van der Waals surface area contributed by atoms with Crippen molar-refractivity contribution in [2.45, 2.75) is 25.6 Å². The van der Waals surface area contributed by atoms with Crippen LogP contribution in [-0.2, 0) is 6.54 Å². The fraction of sp³-hybridized carbons (Fsp3) is 0.462. The van der Waals surface area contributed by atoms with E-state index in [4.69, 9.17) is 4.52 Å². The minimum Gasteiger partial charge on any atom is -0.390 e. The summed E-state index contributed by atoms with van der Waals surface area (Å²) in [5.74, 6) is 0.490. The van der Waals surface area contributed by atoms with Crippen LogP contribution in [0.2, 0.25) is 0 Å². The average molecular weight is 291 g/mol. The van der Waals surface area contributed by atoms with Gasteiger partial charge < -0.3 is 19.9 Å². The second-order valence-corrected chi connectivity index (χ2v) is 5.24. The second-order valence-electron chi connectivity index (χ2n) is 5.24. The number of aryl methyl sites for hydroxylation is 1. The maximum absolute atomic E-state index is 11.9. The minimum atomic E-state index is -0.607. The van der Waals surface area contributed by atoms with E-state index < -0.39 is 6.10 Å². The lowest BCUT2D eigenvalue weighted by Gasteiger charge is -2.15. The second kappa shape index (κ2) is 5.66. The molecule has 1 fully saturated rings. The molecule has 0 aromatic carbocycles. The van der Waals surface area contributed by atoms with Gasteiger partial charge in [-0.25, -0.2) is 4.98 Å². The molecule has 1 saturated heterocycles. The number of imidazole rings is 1. The Labute approximate surface area is 121 Å². The predicted octanol–water partition coefficient (Wildman–Crippen LogP) is -0.319. The topological polar surface area (TPSA) is 107 Å². The zero-order valence-electron chi connectivity index (χ0n) is 11.6. The summed E-state index contributed by atoms with van der Waals surface area (Å²) in [7, 11) is 0. The molecule has 112 valence electrons. The van der Waals surface area contributed by atoms with Gasteiger partial charge in [0.15, 0.2) is 0 Å². The highest BCUT2D eigenvalue weighted by Crippen LogP contribution is 2.14. The lowest BCUT2D eigenvalue weighted by molar-refractivity contribution is 0.0883. The monoisotopic (exact) mass is 291 g/mol. The number of amides is 1. The number of hydrogen-bond acceptors (Lipinski definition) is 6. The zero-order valence-corrected chi connectivity index (χ0v) is 11.6. The highest BCUT2D eigenvalue weighted by Gasteiger charge is 2.33. The van der Waals surface area contributed by atoms with Crippen molar-refractivity contribution < 1.29 is 14.4 Å². The Kier molecular flexibility index (Phi) is 3.72. The first kappa shape index (κ1) is 13.8. The molecule has 0 radical (unpaired) electrons. The van der Waals surface area contributed by atoms with Crippen molar-refractivity contribution in [1.82, 2.24) is 25.3 Å². The number of nitrogens with zero attached hydrogens (tertiary/aromatic N) is 3. The number of aromatic nitrogens is 3. The van der Waals surface area contributed by atoms with E-state index in [9.17, 15) is 9.90 Å². The first-order valence-corrected chi connectivity index (χ1v) is 6.73. The van der Waals surface area contributed by atoms with Gasteiger partial charge in [0.05, 0.1) is 30.4 Å². The first-order chi connectivity index (χ1) is 10.1. The molecule has 2 atom stereocenters. The van der Waals surface area contributed by atoms with Gasteiger partial charge in [-0.05, 0) is 6.92 Å². The Hall–Kier alpha value is -2.19. The standard InChI is InChI=1S/C13H17N5O3/c1-8-2-9(17-21-8)4-18-5-11(12(19)6-18)16-13(20)10-3-14-7-15-10/h2-3,7,11-12,19H,4-6H2,1H3,(H,14,15)(H,16,20)/t11-,12-/m1/s1. The lowest BCUT2D eigenvalue weighted by Crippen LogP contribution is -2.42. The summed E-state index contributed by atoms with van der Waals surface area (Å²) in [6.07, 6.45) is 2.29. The van der Waals surface area contributed by atoms with E-state index >= 15 is 0 Å². The van der Waals surface area contributed by atoms with Crippen LogP contribution in [0, 0.1) is 6.92 Å². The molecule has 3 N–H and O–H groups in total. The molecule has 3 rings (SSSR count). The van der Waals surface area contributed by atoms with Gasteiger partial charge in [0, 0.05) is 25.7 Å². The fourth-order valence-electron chi connectivity index (χ4n) is 2.48. The molecule has 0 unspecified atom stereocenters. The van der Waals surface area contributed by atoms with Gasteiger partial charge in [0.25, 0.3) is 5.91 Å². The lowest BCUT2D eigenvalue weighted by atomic mass is 10.2. The Morgan fingerprint density at radius 3 is 3.14 bits per heavy atom. The van der Waals surface area contributed by atoms with Crippen molar-refractivity contribution in [1.29, 1.82) is 0 Å². The molecule has 8 nitrogen and oxygen atoms in total. The predicted molar refractivity (Wildman–Crippen MR) is 72.4 cm³/mol. The number of aromatic amines is 1. The Balaban J connectivity index is 1.57. The maximum Gasteiger partial charge on any atom is 0.269 e. The summed E-state index contributed by atoms with van der Waals surface area (Å²) < 4.78 is 5.02. The number of hydrogen-bond donors (Lipinski definition) is 3. The van der Waals surface area contributed by atoms with Crippen LogP contribution >= 0.6 is 0 Å². The largest absolute Gasteiger partial charge is 0.390 e. The quantitative estimate of drug-likeness (QED) is 0.712. The summed E-state index contributed by atoms with van der Waals surface area (Å²) in [5.41, 5.74) is 1.20. The van der Waals surface area contributed by atoms with E-state index in [1.807, 2.05) is 17.9 Å². The van der Waals surface area contributed by atoms with Gasteiger partial charge in [0.2, 0.25) is 0 Å². The van der Waals surface area contributed by atoms with E-state index in [2.05, 4.69) is 20.4 Å². The third-order valence-electron chi connectivity index (χ3n) is 3.49. The first-order valence-electron chi connectivity index (χ1n) is 6.73. The molecule has 0 bridgehead atoms. The van der Waals surface area contributed by atoms with Gasteiger partial charge in [-0.2, -0.15) is 0 Å². The van der Waals surface area contributed by atoms with Gasteiger partial charge in [-0.1, -0.05) is 5.16 Å². The van der Waals surface area contributed by atoms with Crippen molar-refractivity contribution in [2.75, 3.05) is 13.1 Å². The molecule has 0 saturated carbocycles. The molecule has 1 amide bonds. The number of β-amino-alcohol motifs (C(OH)–C–C–N with tert-alkyl or cyclic N) is 1. The fourth-order valence-corrected chi connectivity index (χ4v) is 2.48. The highest BCUT2D eigenvalue weighted by molar-refractivity contribution is 5.92. The Morgan fingerprint density at radius 2 is 2.48 bits per heavy atom. The van der Waals surface area contributed by atoms with E-state index in [1.165, 1.54) is 12.5 Å². The number of carbonyl (C=O) groups is 1. The number of carbonyl (C=O) groups excluding carboxylic acids is 1. The van der Waals surface area contributed by atoms with Crippen LogP contribution in [0.15, 0.2) is 23.1 Å². The van der Waals surface area contributed by atoms with Crippen LogP contribution in [0.1, 0.15) is 21.9 Å². The average Bonchev–Trinajstić information content (AvgIpc) is 3.14. The SMILES string of the molecule is Cc1cc(CN2C[C@@H](O)[C@H](NC(=O)c3cnc[nH]3)C2)no1. The van der Waals surface area contributed by atoms with Crippen LogP contribution in [0.3, 0.4) is 0 Å². The summed E-state index contributed by atoms with van der Waals surface area (Å²) >= 11 is 0. The van der Waals surface area contributed by atoms with Crippen LogP contribution in [-0.4, -0.2) is 56.3 Å². The van der Waals surface area contributed by atoms with E-state index in [0.29, 0.717) is 25.3 Å². The molecule has 8 heteroatoms. The van der Waals surface area contributed by atoms with Crippen molar-refractivity contribution in [3.05, 3.63) is 35.7 Å². The van der Waals surface area contributed by atoms with Crippen LogP contribution in [0.4, 0.5) is 0 Å². The number of nitrogens with one attached hydrogen (secondary N) is 2. The normalized spacial score (nSPS) is 22.6. The zero-order chi connectivity index (χ0) is 14.8. The van der Waals surface area contributed by atoms with Crippen molar-refractivity contribution in [3.8, 4) is 0 Å². The van der Waals surface area contributed by atoms with Gasteiger partial charge in [-0.3, -0.25) is 9.69 Å². The smallest absolute Gasteiger partial charge is 0.269 e. The molecule has 0 spiro atoms. The van der Waals surface area contributed by atoms with Crippen molar-refractivity contribution >= 4 is 5.91 Å². The van der Waals surface area contributed by atoms with Gasteiger partial charge in [0.1, 0.15) is 11.5 Å². The van der Waals surface area contributed by atoms with Crippen LogP contribution < -0.4 is 5.32 Å². The maximum atomic E-state index is 11.9. The molecule has 1 aliphatic rings. The van der Waals surface area contributed by atoms with Crippen molar-refractivity contribution in [3.63, 3.8) is 0 Å². The van der Waals surface area contributed by atoms with Gasteiger partial charge >= 0.3 is 0 Å². The molecular formula is C13H17N5O3. The number of rotatable bonds is 4. The molecule has 2 aromatic heterocycles. The summed E-state index contributed by atoms with van der Waals surface area (Å²) in [5, 5.41) is 16.8. The Bertz CT molecular complexity index is 609. The number of aliphatic hydroxyl groups is 1. The van der Waals surface area contributed by atoms with E-state index in [1.54, 1.807) is 0 Å². The highest BCUT2D eigenvalue weighted by atomic mass is 16.5. The summed E-state index contributed by atoms with van der Waals surface area (Å²) in [6, 6.07) is 1.55. The molecule has 0 aliphatic carbocycles. The Morgan fingerprint density at radius 1 is 1.62 bits per heavy atom. The van der Waals surface area contributed by atoms with Crippen LogP contribution in [0.5, 0.6) is 0 Å².